The summed E-state index contributed by atoms with van der Waals surface area (Å²) in [6.45, 7) is 2.56. The van der Waals surface area contributed by atoms with Crippen LogP contribution in [-0.2, 0) is 4.79 Å². The number of carbonyl (C=O) groups excluding carboxylic acids is 1. The number of amidine groups is 1. The minimum absolute atomic E-state index is 0.0391. The number of amides is 1. The van der Waals surface area contributed by atoms with Gasteiger partial charge in [-0.25, -0.2) is 0 Å². The number of benzene rings is 1. The largest absolute Gasteiger partial charge is 0.493 e. The van der Waals surface area contributed by atoms with Gasteiger partial charge in [0, 0.05) is 0 Å². The molecule has 0 spiro atoms. The number of carbonyl (C=O) groups is 1. The molecule has 0 atom stereocenters. The van der Waals surface area contributed by atoms with E-state index in [1.807, 2.05) is 25.1 Å². The summed E-state index contributed by atoms with van der Waals surface area (Å²) in [4.78, 5) is 10.9. The second kappa shape index (κ2) is 6.72. The third kappa shape index (κ3) is 4.07. The molecule has 19 heavy (non-hydrogen) atoms. The lowest BCUT2D eigenvalue weighted by Gasteiger charge is -2.05. The molecule has 1 aliphatic heterocycles. The average Bonchev–Trinajstić information content (AvgIpc) is 2.79. The third-order valence-electron chi connectivity index (χ3n) is 2.20. The molecule has 0 bridgehead atoms. The lowest BCUT2D eigenvalue weighted by atomic mass is 10.2. The van der Waals surface area contributed by atoms with E-state index >= 15 is 0 Å². The number of ether oxygens (including phenoxy) is 1. The van der Waals surface area contributed by atoms with Crippen LogP contribution in [-0.4, -0.2) is 29.6 Å². The van der Waals surface area contributed by atoms with Crippen molar-refractivity contribution >= 4 is 45.0 Å². The zero-order chi connectivity index (χ0) is 13.7. The molecule has 0 aromatic heterocycles. The highest BCUT2D eigenvalue weighted by Crippen LogP contribution is 2.25. The number of hydrogen-bond donors (Lipinski definition) is 1. The smallest absolute Gasteiger partial charge is 0.236 e. The molecular weight excluding hydrogens is 330 g/mol. The Kier molecular flexibility index (Phi) is 4.98. The Morgan fingerprint density at radius 3 is 3.05 bits per heavy atom. The van der Waals surface area contributed by atoms with E-state index < -0.39 is 0 Å². The van der Waals surface area contributed by atoms with Crippen LogP contribution in [0.5, 0.6) is 5.75 Å². The van der Waals surface area contributed by atoms with Crippen LogP contribution in [0.2, 0.25) is 0 Å². The molecule has 2 rings (SSSR count). The Bertz CT molecular complexity index is 546. The van der Waals surface area contributed by atoms with Gasteiger partial charge in [0.15, 0.2) is 5.17 Å². The summed E-state index contributed by atoms with van der Waals surface area (Å²) < 4.78 is 6.29. The Morgan fingerprint density at radius 1 is 1.58 bits per heavy atom. The summed E-state index contributed by atoms with van der Waals surface area (Å²) in [7, 11) is 0. The monoisotopic (exact) mass is 341 g/mol. The van der Waals surface area contributed by atoms with E-state index in [-0.39, 0.29) is 5.91 Å². The Balaban J connectivity index is 2.03. The second-order valence-electron chi connectivity index (χ2n) is 3.61. The molecule has 5 nitrogen and oxygen atoms in total. The van der Waals surface area contributed by atoms with Crippen molar-refractivity contribution in [2.24, 2.45) is 10.2 Å². The van der Waals surface area contributed by atoms with Crippen molar-refractivity contribution in [1.82, 2.24) is 5.32 Å². The van der Waals surface area contributed by atoms with Crippen molar-refractivity contribution < 1.29 is 9.53 Å². The first-order valence-electron chi connectivity index (χ1n) is 5.65. The van der Waals surface area contributed by atoms with Crippen LogP contribution < -0.4 is 10.1 Å². The maximum absolute atomic E-state index is 10.9. The highest BCUT2D eigenvalue weighted by atomic mass is 79.9. The van der Waals surface area contributed by atoms with Crippen LogP contribution in [0.15, 0.2) is 32.9 Å². The van der Waals surface area contributed by atoms with Gasteiger partial charge in [-0.2, -0.15) is 5.10 Å². The number of rotatable bonds is 4. The minimum atomic E-state index is -0.0391. The number of nitrogens with zero attached hydrogens (tertiary/aromatic N) is 2. The maximum Gasteiger partial charge on any atom is 0.236 e. The molecule has 1 aromatic rings. The lowest BCUT2D eigenvalue weighted by molar-refractivity contribution is -0.116. The number of hydrogen-bond acceptors (Lipinski definition) is 5. The first-order chi connectivity index (χ1) is 9.19. The van der Waals surface area contributed by atoms with E-state index in [0.717, 1.165) is 15.8 Å². The van der Waals surface area contributed by atoms with E-state index in [1.54, 1.807) is 6.21 Å². The SMILES string of the molecule is CCOc1ccc(C=NN=C2NC(=O)CS2)cc1Br. The summed E-state index contributed by atoms with van der Waals surface area (Å²) in [5.74, 6) is 1.16. The van der Waals surface area contributed by atoms with Gasteiger partial charge >= 0.3 is 0 Å². The van der Waals surface area contributed by atoms with Gasteiger partial charge in [-0.1, -0.05) is 11.8 Å². The minimum Gasteiger partial charge on any atom is -0.493 e. The van der Waals surface area contributed by atoms with E-state index in [2.05, 4.69) is 31.4 Å². The van der Waals surface area contributed by atoms with E-state index in [1.165, 1.54) is 11.8 Å². The standard InChI is InChI=1S/C12H12BrN3O2S/c1-2-18-10-4-3-8(5-9(10)13)6-14-16-12-15-11(17)7-19-12/h3-6H,2,7H2,1H3,(H,15,16,17). The maximum atomic E-state index is 10.9. The van der Waals surface area contributed by atoms with Crippen molar-refractivity contribution in [3.8, 4) is 5.75 Å². The van der Waals surface area contributed by atoms with Crippen LogP contribution in [0.1, 0.15) is 12.5 Å². The Labute approximate surface area is 123 Å². The zero-order valence-electron chi connectivity index (χ0n) is 10.2. The molecule has 1 N–H and O–H groups in total. The van der Waals surface area contributed by atoms with Gasteiger partial charge < -0.3 is 10.1 Å². The van der Waals surface area contributed by atoms with Crippen LogP contribution in [0.3, 0.4) is 0 Å². The lowest BCUT2D eigenvalue weighted by Crippen LogP contribution is -2.19. The van der Waals surface area contributed by atoms with Crippen molar-refractivity contribution in [2.75, 3.05) is 12.4 Å². The fraction of sp³-hybridized carbons (Fsp3) is 0.250. The molecule has 100 valence electrons. The van der Waals surface area contributed by atoms with Crippen LogP contribution >= 0.6 is 27.7 Å². The fourth-order valence-corrected chi connectivity index (χ4v) is 2.54. The van der Waals surface area contributed by atoms with Crippen LogP contribution in [0.25, 0.3) is 0 Å². The molecule has 0 saturated carbocycles. The molecule has 1 heterocycles. The van der Waals surface area contributed by atoms with Gasteiger partial charge in [0.1, 0.15) is 5.75 Å². The number of halogens is 1. The first-order valence-corrected chi connectivity index (χ1v) is 7.43. The Morgan fingerprint density at radius 2 is 2.42 bits per heavy atom. The summed E-state index contributed by atoms with van der Waals surface area (Å²) in [5, 5.41) is 11.0. The van der Waals surface area contributed by atoms with Crippen molar-refractivity contribution in [3.63, 3.8) is 0 Å². The van der Waals surface area contributed by atoms with Crippen molar-refractivity contribution in [3.05, 3.63) is 28.2 Å². The molecule has 1 aliphatic rings. The van der Waals surface area contributed by atoms with Gasteiger partial charge in [0.25, 0.3) is 0 Å². The topological polar surface area (TPSA) is 63.1 Å². The molecule has 1 amide bonds. The average molecular weight is 342 g/mol. The molecule has 1 saturated heterocycles. The molecule has 7 heteroatoms. The third-order valence-corrected chi connectivity index (χ3v) is 3.68. The molecular formula is C12H12BrN3O2S. The second-order valence-corrected chi connectivity index (χ2v) is 5.43. The van der Waals surface area contributed by atoms with Gasteiger partial charge in [0.2, 0.25) is 5.91 Å². The van der Waals surface area contributed by atoms with Gasteiger partial charge in [0.05, 0.1) is 23.0 Å². The molecule has 0 radical (unpaired) electrons. The fourth-order valence-electron chi connectivity index (χ4n) is 1.40. The predicted octanol–water partition coefficient (Wildman–Crippen LogP) is 2.40. The summed E-state index contributed by atoms with van der Waals surface area (Å²) in [6.07, 6.45) is 1.62. The summed E-state index contributed by atoms with van der Waals surface area (Å²) in [5.41, 5.74) is 0.897. The summed E-state index contributed by atoms with van der Waals surface area (Å²) >= 11 is 4.77. The van der Waals surface area contributed by atoms with Gasteiger partial charge in [-0.15, -0.1) is 5.10 Å². The quantitative estimate of drug-likeness (QED) is 0.675. The highest BCUT2D eigenvalue weighted by Gasteiger charge is 2.15. The van der Waals surface area contributed by atoms with E-state index in [9.17, 15) is 4.79 Å². The summed E-state index contributed by atoms with van der Waals surface area (Å²) in [6, 6.07) is 5.66. The van der Waals surface area contributed by atoms with Gasteiger partial charge in [-0.05, 0) is 46.6 Å². The van der Waals surface area contributed by atoms with Crippen molar-refractivity contribution in [2.45, 2.75) is 6.92 Å². The molecule has 0 unspecified atom stereocenters. The van der Waals surface area contributed by atoms with Crippen molar-refractivity contribution in [1.29, 1.82) is 0 Å². The molecule has 1 aromatic carbocycles. The normalized spacial score (nSPS) is 17.2. The molecule has 1 fully saturated rings. The highest BCUT2D eigenvalue weighted by molar-refractivity contribution is 9.10. The van der Waals surface area contributed by atoms with Crippen LogP contribution in [0.4, 0.5) is 0 Å². The van der Waals surface area contributed by atoms with E-state index in [0.29, 0.717) is 17.5 Å². The zero-order valence-corrected chi connectivity index (χ0v) is 12.6. The molecule has 0 aliphatic carbocycles. The van der Waals surface area contributed by atoms with Crippen LogP contribution in [0, 0.1) is 0 Å². The number of nitrogens with one attached hydrogen (secondary N) is 1. The number of thioether (sulfide) groups is 1. The predicted molar refractivity (Wildman–Crippen MR) is 80.9 cm³/mol. The van der Waals surface area contributed by atoms with Gasteiger partial charge in [-0.3, -0.25) is 4.79 Å². The first kappa shape index (κ1) is 14.1. The van der Waals surface area contributed by atoms with E-state index in [4.69, 9.17) is 4.74 Å². The Hall–Kier alpha value is -1.34.